The topological polar surface area (TPSA) is 57.6 Å². The Labute approximate surface area is 171 Å². The summed E-state index contributed by atoms with van der Waals surface area (Å²) in [6, 6.07) is 23.6. The van der Waals surface area contributed by atoms with Gasteiger partial charge < -0.3 is 10.0 Å². The van der Waals surface area contributed by atoms with E-state index in [4.69, 9.17) is 0 Å². The Balaban J connectivity index is 1.88. The number of rotatable bonds is 4. The first kappa shape index (κ1) is 18.4. The Bertz CT molecular complexity index is 1020. The summed E-state index contributed by atoms with van der Waals surface area (Å²) in [5, 5.41) is 10.1. The van der Waals surface area contributed by atoms with Gasteiger partial charge in [0.25, 0.3) is 5.91 Å². The molecular formula is C23H18BrNO3. The highest BCUT2D eigenvalue weighted by Gasteiger charge is 2.44. The van der Waals surface area contributed by atoms with E-state index in [1.165, 1.54) is 0 Å². The van der Waals surface area contributed by atoms with Crippen LogP contribution in [0.25, 0.3) is 0 Å². The summed E-state index contributed by atoms with van der Waals surface area (Å²) in [5.41, 5.74) is 2.78. The van der Waals surface area contributed by atoms with Gasteiger partial charge in [0.1, 0.15) is 5.92 Å². The van der Waals surface area contributed by atoms with Gasteiger partial charge in [0.2, 0.25) is 0 Å². The number of hydrogen-bond acceptors (Lipinski definition) is 2. The lowest BCUT2D eigenvalue weighted by Gasteiger charge is -2.41. The van der Waals surface area contributed by atoms with Gasteiger partial charge in [-0.2, -0.15) is 0 Å². The SMILES string of the molecule is O=C(O)[C@@H]1c2ccccc2C(=O)N(Cc2ccccc2)[C@@H]1c1ccc(Br)cc1. The number of amides is 1. The van der Waals surface area contributed by atoms with Gasteiger partial charge >= 0.3 is 5.97 Å². The minimum Gasteiger partial charge on any atom is -0.481 e. The summed E-state index contributed by atoms with van der Waals surface area (Å²) in [6.07, 6.45) is 0. The molecule has 140 valence electrons. The quantitative estimate of drug-likeness (QED) is 0.625. The lowest BCUT2D eigenvalue weighted by atomic mass is 9.79. The van der Waals surface area contributed by atoms with Crippen molar-refractivity contribution in [3.63, 3.8) is 0 Å². The summed E-state index contributed by atoms with van der Waals surface area (Å²) in [5.74, 6) is -1.92. The maximum atomic E-state index is 13.4. The third kappa shape index (κ3) is 3.34. The Morgan fingerprint density at radius 1 is 0.929 bits per heavy atom. The molecule has 5 heteroatoms. The van der Waals surface area contributed by atoms with Crippen molar-refractivity contribution < 1.29 is 14.7 Å². The molecule has 0 unspecified atom stereocenters. The molecule has 0 spiro atoms. The molecule has 1 heterocycles. The molecule has 2 atom stereocenters. The molecule has 0 fully saturated rings. The predicted octanol–water partition coefficient (Wildman–Crippen LogP) is 5.01. The number of fused-ring (bicyclic) bond motifs is 1. The van der Waals surface area contributed by atoms with Crippen LogP contribution in [0.15, 0.2) is 83.3 Å². The van der Waals surface area contributed by atoms with E-state index >= 15 is 0 Å². The fourth-order valence-corrected chi connectivity index (χ4v) is 4.11. The first-order valence-corrected chi connectivity index (χ1v) is 9.77. The zero-order valence-electron chi connectivity index (χ0n) is 15.0. The van der Waals surface area contributed by atoms with Crippen LogP contribution >= 0.6 is 15.9 Å². The van der Waals surface area contributed by atoms with Gasteiger partial charge in [-0.25, -0.2) is 0 Å². The van der Waals surface area contributed by atoms with Crippen molar-refractivity contribution in [1.82, 2.24) is 4.90 Å². The normalized spacial score (nSPS) is 18.6. The van der Waals surface area contributed by atoms with E-state index in [2.05, 4.69) is 15.9 Å². The Kier molecular flexibility index (Phi) is 5.01. The van der Waals surface area contributed by atoms with Gasteiger partial charge in [0.15, 0.2) is 0 Å². The smallest absolute Gasteiger partial charge is 0.313 e. The number of carboxylic acid groups (broad SMARTS) is 1. The van der Waals surface area contributed by atoms with Crippen LogP contribution in [-0.4, -0.2) is 21.9 Å². The Morgan fingerprint density at radius 2 is 1.57 bits per heavy atom. The Hall–Kier alpha value is -2.92. The number of aliphatic carboxylic acids is 1. The first-order valence-electron chi connectivity index (χ1n) is 8.98. The predicted molar refractivity (Wildman–Crippen MR) is 110 cm³/mol. The van der Waals surface area contributed by atoms with Crippen molar-refractivity contribution in [2.24, 2.45) is 0 Å². The van der Waals surface area contributed by atoms with Gasteiger partial charge in [-0.1, -0.05) is 76.6 Å². The summed E-state index contributed by atoms with van der Waals surface area (Å²) in [6.45, 7) is 0.346. The van der Waals surface area contributed by atoms with E-state index in [0.717, 1.165) is 15.6 Å². The molecule has 28 heavy (non-hydrogen) atoms. The zero-order chi connectivity index (χ0) is 19.7. The second-order valence-electron chi connectivity index (χ2n) is 6.82. The first-order chi connectivity index (χ1) is 13.6. The second kappa shape index (κ2) is 7.60. The van der Waals surface area contributed by atoms with Crippen LogP contribution in [-0.2, 0) is 11.3 Å². The fourth-order valence-electron chi connectivity index (χ4n) is 3.84. The van der Waals surface area contributed by atoms with Gasteiger partial charge in [0.05, 0.1) is 6.04 Å². The molecule has 1 aliphatic rings. The number of carbonyl (C=O) groups excluding carboxylic acids is 1. The molecule has 1 amide bonds. The largest absolute Gasteiger partial charge is 0.481 e. The molecule has 1 N–H and O–H groups in total. The molecule has 0 radical (unpaired) electrons. The highest BCUT2D eigenvalue weighted by molar-refractivity contribution is 9.10. The molecule has 4 rings (SSSR count). The van der Waals surface area contributed by atoms with Crippen molar-refractivity contribution in [3.8, 4) is 0 Å². The molecule has 1 aliphatic heterocycles. The number of carboxylic acids is 1. The molecule has 4 nitrogen and oxygen atoms in total. The van der Waals surface area contributed by atoms with E-state index < -0.39 is 17.9 Å². The monoisotopic (exact) mass is 435 g/mol. The van der Waals surface area contributed by atoms with Crippen LogP contribution in [0.1, 0.15) is 39.0 Å². The number of nitrogens with zero attached hydrogens (tertiary/aromatic N) is 1. The minimum absolute atomic E-state index is 0.148. The average Bonchev–Trinajstić information content (AvgIpc) is 2.71. The van der Waals surface area contributed by atoms with Gasteiger partial charge in [-0.3, -0.25) is 9.59 Å². The van der Waals surface area contributed by atoms with Crippen LogP contribution in [0.3, 0.4) is 0 Å². The fraction of sp³-hybridized carbons (Fsp3) is 0.130. The van der Waals surface area contributed by atoms with Crippen LogP contribution in [0, 0.1) is 0 Å². The third-order valence-corrected chi connectivity index (χ3v) is 5.64. The molecule has 0 aromatic heterocycles. The lowest BCUT2D eigenvalue weighted by molar-refractivity contribution is -0.140. The van der Waals surface area contributed by atoms with Gasteiger partial charge in [0, 0.05) is 16.6 Å². The number of carbonyl (C=O) groups is 2. The zero-order valence-corrected chi connectivity index (χ0v) is 16.5. The number of halogens is 1. The maximum absolute atomic E-state index is 13.4. The van der Waals surface area contributed by atoms with E-state index in [-0.39, 0.29) is 5.91 Å². The molecule has 3 aromatic carbocycles. The summed E-state index contributed by atoms with van der Waals surface area (Å²) < 4.78 is 0.903. The average molecular weight is 436 g/mol. The van der Waals surface area contributed by atoms with Crippen LogP contribution in [0.5, 0.6) is 0 Å². The van der Waals surface area contributed by atoms with Crippen molar-refractivity contribution in [1.29, 1.82) is 0 Å². The van der Waals surface area contributed by atoms with E-state index in [9.17, 15) is 14.7 Å². The van der Waals surface area contributed by atoms with Gasteiger partial charge in [-0.05, 0) is 34.9 Å². The van der Waals surface area contributed by atoms with Crippen LogP contribution in [0.4, 0.5) is 0 Å². The number of benzene rings is 3. The van der Waals surface area contributed by atoms with E-state index in [0.29, 0.717) is 17.7 Å². The van der Waals surface area contributed by atoms with Crippen molar-refractivity contribution >= 4 is 27.8 Å². The summed E-state index contributed by atoms with van der Waals surface area (Å²) in [7, 11) is 0. The van der Waals surface area contributed by atoms with E-state index in [1.807, 2.05) is 54.6 Å². The van der Waals surface area contributed by atoms with Gasteiger partial charge in [-0.15, -0.1) is 0 Å². The molecule has 0 saturated carbocycles. The summed E-state index contributed by atoms with van der Waals surface area (Å²) >= 11 is 3.42. The standard InChI is InChI=1S/C23H18BrNO3/c24-17-12-10-16(11-13-17)21-20(23(27)28)18-8-4-5-9-19(18)22(26)25(21)14-15-6-2-1-3-7-15/h1-13,20-21H,14H2,(H,27,28)/t20-,21-/m1/s1. The van der Waals surface area contributed by atoms with Crippen LogP contribution in [0.2, 0.25) is 0 Å². The maximum Gasteiger partial charge on any atom is 0.313 e. The lowest BCUT2D eigenvalue weighted by Crippen LogP contribution is -2.44. The second-order valence-corrected chi connectivity index (χ2v) is 7.73. The molecular weight excluding hydrogens is 418 g/mol. The van der Waals surface area contributed by atoms with Crippen molar-refractivity contribution in [3.05, 3.63) is 106 Å². The molecule has 0 bridgehead atoms. The van der Waals surface area contributed by atoms with E-state index in [1.54, 1.807) is 29.2 Å². The van der Waals surface area contributed by atoms with Crippen LogP contribution < -0.4 is 0 Å². The minimum atomic E-state index is -0.939. The molecule has 0 saturated heterocycles. The third-order valence-electron chi connectivity index (χ3n) is 5.11. The highest BCUT2D eigenvalue weighted by atomic mass is 79.9. The number of hydrogen-bond donors (Lipinski definition) is 1. The Morgan fingerprint density at radius 3 is 2.25 bits per heavy atom. The molecule has 3 aromatic rings. The van der Waals surface area contributed by atoms with Crippen molar-refractivity contribution in [2.45, 2.75) is 18.5 Å². The van der Waals surface area contributed by atoms with Crippen molar-refractivity contribution in [2.75, 3.05) is 0 Å². The summed E-state index contributed by atoms with van der Waals surface area (Å²) in [4.78, 5) is 27.4. The molecule has 0 aliphatic carbocycles. The highest BCUT2D eigenvalue weighted by Crippen LogP contribution is 2.43.